The van der Waals surface area contributed by atoms with Crippen molar-refractivity contribution in [1.82, 2.24) is 15.5 Å². The highest BCUT2D eigenvalue weighted by molar-refractivity contribution is 6.30. The van der Waals surface area contributed by atoms with Crippen molar-refractivity contribution in [3.8, 4) is 0 Å². The van der Waals surface area contributed by atoms with Crippen LogP contribution in [0.4, 0.5) is 0 Å². The second kappa shape index (κ2) is 11.7. The summed E-state index contributed by atoms with van der Waals surface area (Å²) in [6.07, 6.45) is 4.50. The molecule has 6 nitrogen and oxygen atoms in total. The number of carbonyl (C=O) groups excluding carboxylic acids is 2. The quantitative estimate of drug-likeness (QED) is 0.533. The van der Waals surface area contributed by atoms with E-state index in [1.54, 1.807) is 18.2 Å². The Morgan fingerprint density at radius 1 is 1.23 bits per heavy atom. The standard InChI is InChI=1S/C28H34ClN3O3/c1-3-23(18-32(2)17-19-8-5-4-6-9-19)30-27(33)21-12-13-25-24(16-21)31-28(34)26(35-25)15-20-10-7-11-22(29)14-20/h4-11,14-15,21,23-25H,3,12-13,16-18H2,1-2H3,(H,30,33)(H,31,34)/b26-15+. The van der Waals surface area contributed by atoms with E-state index >= 15 is 0 Å². The first-order valence-electron chi connectivity index (χ1n) is 12.4. The summed E-state index contributed by atoms with van der Waals surface area (Å²) in [5.41, 5.74) is 2.07. The molecule has 2 fully saturated rings. The first-order valence-corrected chi connectivity index (χ1v) is 12.8. The Hall–Kier alpha value is -2.83. The predicted molar refractivity (Wildman–Crippen MR) is 139 cm³/mol. The lowest BCUT2D eigenvalue weighted by molar-refractivity contribution is -0.135. The average Bonchev–Trinajstić information content (AvgIpc) is 2.84. The van der Waals surface area contributed by atoms with E-state index in [-0.39, 0.29) is 35.9 Å². The molecule has 186 valence electrons. The summed E-state index contributed by atoms with van der Waals surface area (Å²) in [4.78, 5) is 28.0. The summed E-state index contributed by atoms with van der Waals surface area (Å²) in [7, 11) is 2.08. The van der Waals surface area contributed by atoms with Crippen molar-refractivity contribution < 1.29 is 14.3 Å². The zero-order valence-corrected chi connectivity index (χ0v) is 21.1. The van der Waals surface area contributed by atoms with Gasteiger partial charge in [0.2, 0.25) is 5.91 Å². The minimum Gasteiger partial charge on any atom is -0.483 e. The van der Waals surface area contributed by atoms with E-state index < -0.39 is 0 Å². The molecule has 2 aliphatic rings. The minimum atomic E-state index is -0.249. The van der Waals surface area contributed by atoms with Gasteiger partial charge >= 0.3 is 0 Å². The predicted octanol–water partition coefficient (Wildman–Crippen LogP) is 4.39. The van der Waals surface area contributed by atoms with Gasteiger partial charge in [-0.2, -0.15) is 0 Å². The molecule has 2 N–H and O–H groups in total. The second-order valence-electron chi connectivity index (χ2n) is 9.61. The van der Waals surface area contributed by atoms with Gasteiger partial charge in [0, 0.05) is 30.1 Å². The Bertz CT molecular complexity index is 1060. The van der Waals surface area contributed by atoms with Gasteiger partial charge in [-0.15, -0.1) is 0 Å². The lowest BCUT2D eigenvalue weighted by atomic mass is 9.82. The largest absolute Gasteiger partial charge is 0.483 e. The number of nitrogens with one attached hydrogen (secondary N) is 2. The van der Waals surface area contributed by atoms with Gasteiger partial charge in [-0.1, -0.05) is 61.0 Å². The van der Waals surface area contributed by atoms with Crippen molar-refractivity contribution in [2.75, 3.05) is 13.6 Å². The van der Waals surface area contributed by atoms with Crippen LogP contribution in [0.2, 0.25) is 5.02 Å². The van der Waals surface area contributed by atoms with Gasteiger partial charge < -0.3 is 20.3 Å². The second-order valence-corrected chi connectivity index (χ2v) is 10.0. The van der Waals surface area contributed by atoms with Crippen molar-refractivity contribution in [1.29, 1.82) is 0 Å². The molecule has 4 rings (SSSR count). The van der Waals surface area contributed by atoms with Gasteiger partial charge in [-0.05, 0) is 62.1 Å². The molecular weight excluding hydrogens is 462 g/mol. The van der Waals surface area contributed by atoms with Crippen LogP contribution in [0.25, 0.3) is 6.08 Å². The van der Waals surface area contributed by atoms with Crippen LogP contribution in [0.15, 0.2) is 60.4 Å². The topological polar surface area (TPSA) is 70.7 Å². The molecule has 2 amide bonds. The number of benzene rings is 2. The van der Waals surface area contributed by atoms with Gasteiger partial charge in [-0.25, -0.2) is 0 Å². The maximum absolute atomic E-state index is 13.1. The molecule has 4 unspecified atom stereocenters. The van der Waals surface area contributed by atoms with Crippen molar-refractivity contribution in [3.63, 3.8) is 0 Å². The van der Waals surface area contributed by atoms with Crippen LogP contribution < -0.4 is 10.6 Å². The Balaban J connectivity index is 1.30. The van der Waals surface area contributed by atoms with Crippen LogP contribution in [0.1, 0.15) is 43.7 Å². The summed E-state index contributed by atoms with van der Waals surface area (Å²) < 4.78 is 6.05. The summed E-state index contributed by atoms with van der Waals surface area (Å²) in [5.74, 6) is -0.0183. The monoisotopic (exact) mass is 495 g/mol. The van der Waals surface area contributed by atoms with Crippen molar-refractivity contribution in [2.45, 2.75) is 57.3 Å². The molecule has 0 radical (unpaired) electrons. The fourth-order valence-electron chi connectivity index (χ4n) is 4.91. The zero-order chi connectivity index (χ0) is 24.8. The third kappa shape index (κ3) is 6.86. The lowest BCUT2D eigenvalue weighted by Gasteiger charge is -2.40. The summed E-state index contributed by atoms with van der Waals surface area (Å²) in [6, 6.07) is 17.6. The number of hydrogen-bond donors (Lipinski definition) is 2. The fourth-order valence-corrected chi connectivity index (χ4v) is 5.11. The number of ether oxygens (including phenoxy) is 1. The molecule has 7 heteroatoms. The number of likely N-dealkylation sites (N-methyl/N-ethyl adjacent to an activating group) is 1. The van der Waals surface area contributed by atoms with E-state index in [0.717, 1.165) is 37.9 Å². The molecule has 1 aliphatic carbocycles. The van der Waals surface area contributed by atoms with Gasteiger partial charge in [-0.3, -0.25) is 9.59 Å². The lowest BCUT2D eigenvalue weighted by Crippen LogP contribution is -2.55. The van der Waals surface area contributed by atoms with E-state index in [1.807, 2.05) is 30.3 Å². The number of halogens is 1. The molecule has 0 bridgehead atoms. The molecule has 35 heavy (non-hydrogen) atoms. The fraction of sp³-hybridized carbons (Fsp3) is 0.429. The molecular formula is C28H34ClN3O3. The number of carbonyl (C=O) groups is 2. The number of morpholine rings is 1. The molecule has 2 aromatic carbocycles. The van der Waals surface area contributed by atoms with Crippen LogP contribution in [0.5, 0.6) is 0 Å². The normalized spacial score (nSPS) is 23.8. The third-order valence-corrected chi connectivity index (χ3v) is 7.02. The van der Waals surface area contributed by atoms with Crippen LogP contribution in [0, 0.1) is 5.92 Å². The Morgan fingerprint density at radius 2 is 2.03 bits per heavy atom. The van der Waals surface area contributed by atoms with E-state index in [2.05, 4.69) is 41.6 Å². The van der Waals surface area contributed by atoms with E-state index in [0.29, 0.717) is 17.2 Å². The number of rotatable bonds is 8. The molecule has 0 spiro atoms. The number of amides is 2. The van der Waals surface area contributed by atoms with Gasteiger partial charge in [0.1, 0.15) is 6.10 Å². The molecule has 4 atom stereocenters. The van der Waals surface area contributed by atoms with Crippen LogP contribution in [-0.2, 0) is 20.9 Å². The van der Waals surface area contributed by atoms with E-state index in [4.69, 9.17) is 16.3 Å². The number of fused-ring (bicyclic) bond motifs is 1. The van der Waals surface area contributed by atoms with E-state index in [9.17, 15) is 9.59 Å². The SMILES string of the molecule is CCC(CN(C)Cc1ccccc1)NC(=O)C1CCC2O/C(=C/c3cccc(Cl)c3)C(=O)NC2C1. The van der Waals surface area contributed by atoms with Crippen LogP contribution >= 0.6 is 11.6 Å². The minimum absolute atomic E-state index is 0.0675. The van der Waals surface area contributed by atoms with Crippen molar-refractivity contribution in [3.05, 3.63) is 76.5 Å². The Kier molecular flexibility index (Phi) is 8.47. The van der Waals surface area contributed by atoms with Crippen LogP contribution in [-0.4, -0.2) is 48.5 Å². The highest BCUT2D eigenvalue weighted by atomic mass is 35.5. The molecule has 1 aliphatic heterocycles. The Labute approximate surface area is 212 Å². The van der Waals surface area contributed by atoms with Gasteiger partial charge in [0.05, 0.1) is 6.04 Å². The first-order chi connectivity index (χ1) is 16.9. The molecule has 1 heterocycles. The maximum Gasteiger partial charge on any atom is 0.286 e. The smallest absolute Gasteiger partial charge is 0.286 e. The molecule has 1 saturated heterocycles. The van der Waals surface area contributed by atoms with Crippen LogP contribution in [0.3, 0.4) is 0 Å². The average molecular weight is 496 g/mol. The van der Waals surface area contributed by atoms with Crippen molar-refractivity contribution >= 4 is 29.5 Å². The first kappa shape index (κ1) is 25.3. The van der Waals surface area contributed by atoms with Crippen molar-refractivity contribution in [2.24, 2.45) is 5.92 Å². The van der Waals surface area contributed by atoms with Gasteiger partial charge in [0.15, 0.2) is 5.76 Å². The summed E-state index contributed by atoms with van der Waals surface area (Å²) in [5, 5.41) is 6.92. The number of hydrogen-bond acceptors (Lipinski definition) is 4. The zero-order valence-electron chi connectivity index (χ0n) is 20.4. The van der Waals surface area contributed by atoms with E-state index in [1.165, 1.54) is 5.56 Å². The maximum atomic E-state index is 13.1. The summed E-state index contributed by atoms with van der Waals surface area (Å²) in [6.45, 7) is 3.73. The molecule has 1 saturated carbocycles. The Morgan fingerprint density at radius 3 is 2.77 bits per heavy atom. The highest BCUT2D eigenvalue weighted by Crippen LogP contribution is 2.32. The third-order valence-electron chi connectivity index (χ3n) is 6.79. The highest BCUT2D eigenvalue weighted by Gasteiger charge is 2.40. The number of nitrogens with zero attached hydrogens (tertiary/aromatic N) is 1. The molecule has 0 aromatic heterocycles. The van der Waals surface area contributed by atoms with Gasteiger partial charge in [0.25, 0.3) is 5.91 Å². The molecule has 2 aromatic rings. The summed E-state index contributed by atoms with van der Waals surface area (Å²) >= 11 is 6.05.